The minimum Gasteiger partial charge on any atom is -0.335 e. The van der Waals surface area contributed by atoms with Crippen molar-refractivity contribution in [1.82, 2.24) is 24.7 Å². The first-order chi connectivity index (χ1) is 10.1. The molecule has 1 aromatic carbocycles. The molecule has 106 valence electrons. The molecule has 0 spiro atoms. The summed E-state index contributed by atoms with van der Waals surface area (Å²) in [6.45, 7) is 1.78. The van der Waals surface area contributed by atoms with Gasteiger partial charge in [0.15, 0.2) is 5.82 Å². The Bertz CT molecular complexity index is 801. The van der Waals surface area contributed by atoms with Crippen LogP contribution in [0.3, 0.4) is 0 Å². The number of benzene rings is 1. The Morgan fingerprint density at radius 2 is 2.05 bits per heavy atom. The molecular weight excluding hydrogens is 288 g/mol. The molecular formula is C14H13ClN6. The van der Waals surface area contributed by atoms with Gasteiger partial charge in [0.2, 0.25) is 0 Å². The summed E-state index contributed by atoms with van der Waals surface area (Å²) >= 11 is 5.97. The lowest BCUT2D eigenvalue weighted by atomic mass is 10.2. The van der Waals surface area contributed by atoms with Crippen LogP contribution < -0.4 is 5.84 Å². The van der Waals surface area contributed by atoms with Gasteiger partial charge in [0.1, 0.15) is 0 Å². The number of aryl methyl sites for hydroxylation is 1. The SMILES string of the molecule is Cc1nnc(-n2nccc2/C=C/c2cccc(Cl)c2)n1N. The van der Waals surface area contributed by atoms with Gasteiger partial charge >= 0.3 is 0 Å². The van der Waals surface area contributed by atoms with Gasteiger partial charge in [-0.2, -0.15) is 9.78 Å². The van der Waals surface area contributed by atoms with E-state index in [4.69, 9.17) is 17.4 Å². The largest absolute Gasteiger partial charge is 0.335 e. The quantitative estimate of drug-likeness (QED) is 0.753. The molecule has 0 aliphatic rings. The molecule has 0 radical (unpaired) electrons. The van der Waals surface area contributed by atoms with Crippen molar-refractivity contribution < 1.29 is 0 Å². The van der Waals surface area contributed by atoms with Gasteiger partial charge in [-0.1, -0.05) is 29.8 Å². The topological polar surface area (TPSA) is 74.5 Å². The van der Waals surface area contributed by atoms with Crippen molar-refractivity contribution in [3.8, 4) is 5.95 Å². The molecule has 0 aliphatic carbocycles. The Labute approximate surface area is 126 Å². The Morgan fingerprint density at radius 1 is 1.19 bits per heavy atom. The van der Waals surface area contributed by atoms with Crippen LogP contribution in [0.5, 0.6) is 0 Å². The van der Waals surface area contributed by atoms with Gasteiger partial charge in [-0.15, -0.1) is 10.2 Å². The predicted octanol–water partition coefficient (Wildman–Crippen LogP) is 2.31. The number of hydrogen-bond donors (Lipinski definition) is 1. The molecule has 0 amide bonds. The van der Waals surface area contributed by atoms with Crippen molar-refractivity contribution in [1.29, 1.82) is 0 Å². The number of nitrogen functional groups attached to an aromatic ring is 1. The summed E-state index contributed by atoms with van der Waals surface area (Å²) in [6, 6.07) is 9.46. The van der Waals surface area contributed by atoms with Crippen molar-refractivity contribution in [2.75, 3.05) is 5.84 Å². The minimum absolute atomic E-state index is 0.461. The molecule has 0 bridgehead atoms. The Hall–Kier alpha value is -2.60. The molecule has 0 saturated carbocycles. The zero-order valence-corrected chi connectivity index (χ0v) is 12.1. The maximum atomic E-state index is 5.97. The fraction of sp³-hybridized carbons (Fsp3) is 0.0714. The highest BCUT2D eigenvalue weighted by molar-refractivity contribution is 6.30. The number of nitrogens with zero attached hydrogens (tertiary/aromatic N) is 5. The fourth-order valence-corrected chi connectivity index (χ4v) is 2.10. The van der Waals surface area contributed by atoms with E-state index in [0.717, 1.165) is 11.3 Å². The Kier molecular flexibility index (Phi) is 3.45. The van der Waals surface area contributed by atoms with Crippen LogP contribution in [0.15, 0.2) is 36.5 Å². The van der Waals surface area contributed by atoms with Crippen molar-refractivity contribution in [2.24, 2.45) is 0 Å². The molecule has 2 heterocycles. The molecule has 7 heteroatoms. The third-order valence-corrected chi connectivity index (χ3v) is 3.24. The zero-order valence-electron chi connectivity index (χ0n) is 11.3. The fourth-order valence-electron chi connectivity index (χ4n) is 1.90. The summed E-state index contributed by atoms with van der Waals surface area (Å²) in [5.41, 5.74) is 1.84. The molecule has 2 N–H and O–H groups in total. The Morgan fingerprint density at radius 3 is 2.76 bits per heavy atom. The lowest BCUT2D eigenvalue weighted by molar-refractivity contribution is 0.759. The summed E-state index contributed by atoms with van der Waals surface area (Å²) in [5.74, 6) is 6.96. The molecule has 0 unspecified atom stereocenters. The van der Waals surface area contributed by atoms with E-state index in [1.807, 2.05) is 42.5 Å². The first-order valence-corrected chi connectivity index (χ1v) is 6.68. The number of hydrogen-bond acceptors (Lipinski definition) is 4. The molecule has 0 saturated heterocycles. The minimum atomic E-state index is 0.461. The molecule has 21 heavy (non-hydrogen) atoms. The van der Waals surface area contributed by atoms with Crippen molar-refractivity contribution in [3.63, 3.8) is 0 Å². The lowest BCUT2D eigenvalue weighted by Crippen LogP contribution is -2.17. The van der Waals surface area contributed by atoms with Crippen LogP contribution >= 0.6 is 11.6 Å². The average molecular weight is 301 g/mol. The van der Waals surface area contributed by atoms with Crippen LogP contribution in [0.4, 0.5) is 0 Å². The van der Waals surface area contributed by atoms with Crippen LogP contribution in [0.2, 0.25) is 5.02 Å². The molecule has 0 atom stereocenters. The van der Waals surface area contributed by atoms with Gasteiger partial charge in [0.05, 0.1) is 11.9 Å². The van der Waals surface area contributed by atoms with E-state index in [-0.39, 0.29) is 0 Å². The van der Waals surface area contributed by atoms with Crippen molar-refractivity contribution in [2.45, 2.75) is 6.92 Å². The number of nitrogens with two attached hydrogens (primary N) is 1. The average Bonchev–Trinajstić information content (AvgIpc) is 3.05. The first-order valence-electron chi connectivity index (χ1n) is 6.30. The normalized spacial score (nSPS) is 11.3. The van der Waals surface area contributed by atoms with E-state index in [2.05, 4.69) is 15.3 Å². The predicted molar refractivity (Wildman–Crippen MR) is 82.4 cm³/mol. The van der Waals surface area contributed by atoms with Crippen LogP contribution in [-0.2, 0) is 0 Å². The van der Waals surface area contributed by atoms with Crippen LogP contribution in [0.1, 0.15) is 17.1 Å². The second kappa shape index (κ2) is 5.41. The summed E-state index contributed by atoms with van der Waals surface area (Å²) in [6.07, 6.45) is 5.55. The van der Waals surface area contributed by atoms with Crippen molar-refractivity contribution in [3.05, 3.63) is 58.6 Å². The standard InChI is InChI=1S/C14H13ClN6/c1-10-18-19-14(20(10)16)21-13(7-8-17-21)6-5-11-3-2-4-12(15)9-11/h2-9H,16H2,1H3/b6-5+. The van der Waals surface area contributed by atoms with Gasteiger partial charge in [0.25, 0.3) is 5.95 Å². The van der Waals surface area contributed by atoms with Crippen molar-refractivity contribution >= 4 is 23.8 Å². The van der Waals surface area contributed by atoms with E-state index >= 15 is 0 Å². The molecule has 3 rings (SSSR count). The lowest BCUT2D eigenvalue weighted by Gasteiger charge is -2.03. The molecule has 3 aromatic rings. The maximum Gasteiger partial charge on any atom is 0.271 e. The van der Waals surface area contributed by atoms with Crippen LogP contribution in [0.25, 0.3) is 18.1 Å². The summed E-state index contributed by atoms with van der Waals surface area (Å²) in [7, 11) is 0. The van der Waals surface area contributed by atoms with Gasteiger partial charge in [-0.05, 0) is 36.8 Å². The molecule has 6 nitrogen and oxygen atoms in total. The highest BCUT2D eigenvalue weighted by Crippen LogP contribution is 2.15. The van der Waals surface area contributed by atoms with Crippen LogP contribution in [-0.4, -0.2) is 24.7 Å². The molecule has 0 fully saturated rings. The van der Waals surface area contributed by atoms with E-state index in [1.165, 1.54) is 4.68 Å². The summed E-state index contributed by atoms with van der Waals surface area (Å²) in [4.78, 5) is 0. The van der Waals surface area contributed by atoms with Gasteiger partial charge in [-0.3, -0.25) is 0 Å². The number of rotatable bonds is 3. The second-order valence-electron chi connectivity index (χ2n) is 4.47. The summed E-state index contributed by atoms with van der Waals surface area (Å²) < 4.78 is 3.02. The first kappa shape index (κ1) is 13.4. The third kappa shape index (κ3) is 2.66. The smallest absolute Gasteiger partial charge is 0.271 e. The Balaban J connectivity index is 1.95. The van der Waals surface area contributed by atoms with Gasteiger partial charge < -0.3 is 5.84 Å². The number of aromatic nitrogens is 5. The van der Waals surface area contributed by atoms with Gasteiger partial charge in [0, 0.05) is 5.02 Å². The van der Waals surface area contributed by atoms with Gasteiger partial charge in [-0.25, -0.2) is 4.68 Å². The second-order valence-corrected chi connectivity index (χ2v) is 4.91. The maximum absolute atomic E-state index is 5.97. The molecule has 0 aliphatic heterocycles. The van der Waals surface area contributed by atoms with E-state index < -0.39 is 0 Å². The van der Waals surface area contributed by atoms with E-state index in [0.29, 0.717) is 16.8 Å². The van der Waals surface area contributed by atoms with E-state index in [9.17, 15) is 0 Å². The highest BCUT2D eigenvalue weighted by atomic mass is 35.5. The monoisotopic (exact) mass is 300 g/mol. The highest BCUT2D eigenvalue weighted by Gasteiger charge is 2.11. The van der Waals surface area contributed by atoms with Crippen LogP contribution in [0, 0.1) is 6.92 Å². The molecule has 2 aromatic heterocycles. The summed E-state index contributed by atoms with van der Waals surface area (Å²) in [5, 5.41) is 12.9. The zero-order chi connectivity index (χ0) is 14.8. The van der Waals surface area contributed by atoms with E-state index in [1.54, 1.807) is 17.8 Å². The number of halogens is 1. The third-order valence-electron chi connectivity index (χ3n) is 3.00.